The van der Waals surface area contributed by atoms with Gasteiger partial charge in [0, 0.05) is 34.5 Å². The molecule has 0 saturated carbocycles. The van der Waals surface area contributed by atoms with Gasteiger partial charge < -0.3 is 10.1 Å². The van der Waals surface area contributed by atoms with Gasteiger partial charge in [-0.05, 0) is 57.4 Å². The second-order valence-corrected chi connectivity index (χ2v) is 9.54. The maximum atomic E-state index is 13.0. The number of benzene rings is 2. The Kier molecular flexibility index (Phi) is 8.24. The van der Waals surface area contributed by atoms with E-state index in [9.17, 15) is 9.59 Å². The first-order valence-corrected chi connectivity index (χ1v) is 12.8. The third kappa shape index (κ3) is 6.35. The van der Waals surface area contributed by atoms with Crippen molar-refractivity contribution in [1.29, 1.82) is 0 Å². The Bertz CT molecular complexity index is 1410. The smallest absolute Gasteiger partial charge is 0.308 e. The van der Waals surface area contributed by atoms with Crippen LogP contribution in [-0.2, 0) is 20.7 Å². The number of aryl methyl sites for hydroxylation is 3. The SMILES string of the molecule is CCOC(=O)CC(NC(=O)CCc1c(C)nc2cc(-c3ccc(Cl)cc3)nn2c1C)c1ccc(C)cc1. The lowest BCUT2D eigenvalue weighted by Gasteiger charge is -2.19. The number of nitrogens with zero attached hydrogens (tertiary/aromatic N) is 3. The molecule has 1 unspecified atom stereocenters. The maximum Gasteiger partial charge on any atom is 0.308 e. The average Bonchev–Trinajstić information content (AvgIpc) is 3.29. The molecule has 2 heterocycles. The number of fused-ring (bicyclic) bond motifs is 1. The Morgan fingerprint density at radius 1 is 1.05 bits per heavy atom. The minimum Gasteiger partial charge on any atom is -0.466 e. The van der Waals surface area contributed by atoms with Crippen LogP contribution < -0.4 is 5.32 Å². The zero-order valence-electron chi connectivity index (χ0n) is 21.5. The lowest BCUT2D eigenvalue weighted by molar-refractivity contribution is -0.143. The zero-order chi connectivity index (χ0) is 26.5. The number of carbonyl (C=O) groups excluding carboxylic acids is 2. The molecule has 0 aliphatic rings. The highest BCUT2D eigenvalue weighted by molar-refractivity contribution is 6.30. The standard InChI is InChI=1S/C29H31ClN4O3/c1-5-37-29(36)17-25(21-8-6-18(2)7-9-21)32-28(35)15-14-24-19(3)31-27-16-26(33-34(27)20(24)4)22-10-12-23(30)13-11-22/h6-13,16,25H,5,14-15,17H2,1-4H3,(H,32,35). The van der Waals surface area contributed by atoms with Crippen molar-refractivity contribution in [3.63, 3.8) is 0 Å². The Morgan fingerprint density at radius 3 is 2.43 bits per heavy atom. The molecule has 2 aromatic carbocycles. The summed E-state index contributed by atoms with van der Waals surface area (Å²) >= 11 is 6.02. The molecule has 1 atom stereocenters. The molecule has 4 rings (SSSR count). The zero-order valence-corrected chi connectivity index (χ0v) is 22.3. The molecule has 2 aromatic heterocycles. The van der Waals surface area contributed by atoms with Crippen LogP contribution in [0.3, 0.4) is 0 Å². The summed E-state index contributed by atoms with van der Waals surface area (Å²) in [5.41, 5.74) is 7.27. The van der Waals surface area contributed by atoms with Gasteiger partial charge in [0.25, 0.3) is 0 Å². The molecule has 1 amide bonds. The molecule has 0 spiro atoms. The Hall–Kier alpha value is -3.71. The molecule has 0 bridgehead atoms. The van der Waals surface area contributed by atoms with Gasteiger partial charge in [0.15, 0.2) is 5.65 Å². The molecular formula is C29H31ClN4O3. The number of carbonyl (C=O) groups is 2. The number of ether oxygens (including phenoxy) is 1. The van der Waals surface area contributed by atoms with E-state index >= 15 is 0 Å². The van der Waals surface area contributed by atoms with E-state index in [1.807, 2.05) is 79.9 Å². The summed E-state index contributed by atoms with van der Waals surface area (Å²) in [6.45, 7) is 8.00. The van der Waals surface area contributed by atoms with Crippen LogP contribution in [0.2, 0.25) is 5.02 Å². The Balaban J connectivity index is 1.50. The number of aromatic nitrogens is 3. The van der Waals surface area contributed by atoms with E-state index in [1.54, 1.807) is 6.92 Å². The molecule has 0 aliphatic carbocycles. The van der Waals surface area contributed by atoms with Crippen molar-refractivity contribution < 1.29 is 14.3 Å². The molecule has 4 aromatic rings. The van der Waals surface area contributed by atoms with Crippen LogP contribution in [0.1, 0.15) is 53.9 Å². The number of hydrogen-bond donors (Lipinski definition) is 1. The molecule has 0 aliphatic heterocycles. The van der Waals surface area contributed by atoms with Crippen LogP contribution in [0.5, 0.6) is 0 Å². The van der Waals surface area contributed by atoms with Crippen molar-refractivity contribution in [2.45, 2.75) is 53.0 Å². The highest BCUT2D eigenvalue weighted by atomic mass is 35.5. The highest BCUT2D eigenvalue weighted by Crippen LogP contribution is 2.24. The van der Waals surface area contributed by atoms with Gasteiger partial charge in [-0.25, -0.2) is 9.50 Å². The van der Waals surface area contributed by atoms with E-state index < -0.39 is 6.04 Å². The first kappa shape index (κ1) is 26.4. The van der Waals surface area contributed by atoms with Gasteiger partial charge in [-0.2, -0.15) is 5.10 Å². The molecule has 0 radical (unpaired) electrons. The van der Waals surface area contributed by atoms with Crippen molar-refractivity contribution in [2.75, 3.05) is 6.61 Å². The first-order valence-electron chi connectivity index (χ1n) is 12.4. The number of amides is 1. The fourth-order valence-corrected chi connectivity index (χ4v) is 4.52. The van der Waals surface area contributed by atoms with E-state index in [2.05, 4.69) is 5.32 Å². The normalized spacial score (nSPS) is 11.9. The monoisotopic (exact) mass is 518 g/mol. The van der Waals surface area contributed by atoms with Gasteiger partial charge >= 0.3 is 5.97 Å². The van der Waals surface area contributed by atoms with E-state index in [4.69, 9.17) is 26.4 Å². The van der Waals surface area contributed by atoms with Crippen LogP contribution in [0.4, 0.5) is 0 Å². The van der Waals surface area contributed by atoms with Crippen LogP contribution >= 0.6 is 11.6 Å². The maximum absolute atomic E-state index is 13.0. The quantitative estimate of drug-likeness (QED) is 0.286. The number of rotatable bonds is 9. The summed E-state index contributed by atoms with van der Waals surface area (Å²) in [5, 5.41) is 8.44. The number of hydrogen-bond acceptors (Lipinski definition) is 5. The summed E-state index contributed by atoms with van der Waals surface area (Å²) in [6, 6.07) is 16.8. The minimum atomic E-state index is -0.456. The Morgan fingerprint density at radius 2 is 1.76 bits per heavy atom. The van der Waals surface area contributed by atoms with Gasteiger partial charge in [-0.3, -0.25) is 9.59 Å². The minimum absolute atomic E-state index is 0.0783. The van der Waals surface area contributed by atoms with E-state index in [1.165, 1.54) is 0 Å². The van der Waals surface area contributed by atoms with Crippen molar-refractivity contribution in [3.8, 4) is 11.3 Å². The number of halogens is 1. The van der Waals surface area contributed by atoms with Crippen LogP contribution in [0, 0.1) is 20.8 Å². The summed E-state index contributed by atoms with van der Waals surface area (Å²) < 4.78 is 6.95. The fourth-order valence-electron chi connectivity index (χ4n) is 4.39. The number of nitrogens with one attached hydrogen (secondary N) is 1. The van der Waals surface area contributed by atoms with Gasteiger partial charge in [-0.1, -0.05) is 53.6 Å². The lowest BCUT2D eigenvalue weighted by atomic mass is 10.0. The molecular weight excluding hydrogens is 488 g/mol. The highest BCUT2D eigenvalue weighted by Gasteiger charge is 2.20. The molecule has 0 saturated heterocycles. The molecule has 8 heteroatoms. The number of esters is 1. The third-order valence-electron chi connectivity index (χ3n) is 6.40. The van der Waals surface area contributed by atoms with Crippen LogP contribution in [-0.4, -0.2) is 33.1 Å². The predicted octanol–water partition coefficient (Wildman–Crippen LogP) is 5.72. The van der Waals surface area contributed by atoms with Crippen LogP contribution in [0.15, 0.2) is 54.6 Å². The van der Waals surface area contributed by atoms with Crippen molar-refractivity contribution in [2.24, 2.45) is 0 Å². The molecule has 192 valence electrons. The summed E-state index contributed by atoms with van der Waals surface area (Å²) in [7, 11) is 0. The Labute approximate surface area is 221 Å². The van der Waals surface area contributed by atoms with Gasteiger partial charge in [0.2, 0.25) is 5.91 Å². The van der Waals surface area contributed by atoms with E-state index in [-0.39, 0.29) is 24.7 Å². The van der Waals surface area contributed by atoms with E-state index in [0.717, 1.165) is 45.0 Å². The summed E-state index contributed by atoms with van der Waals surface area (Å²) in [6.07, 6.45) is 0.836. The predicted molar refractivity (Wildman–Crippen MR) is 145 cm³/mol. The third-order valence-corrected chi connectivity index (χ3v) is 6.65. The lowest BCUT2D eigenvalue weighted by Crippen LogP contribution is -2.31. The second kappa shape index (κ2) is 11.6. The van der Waals surface area contributed by atoms with Crippen molar-refractivity contribution >= 4 is 29.1 Å². The average molecular weight is 519 g/mol. The van der Waals surface area contributed by atoms with Crippen molar-refractivity contribution in [3.05, 3.63) is 87.7 Å². The summed E-state index contributed by atoms with van der Waals surface area (Å²) in [4.78, 5) is 29.9. The molecule has 7 nitrogen and oxygen atoms in total. The molecule has 37 heavy (non-hydrogen) atoms. The first-order chi connectivity index (χ1) is 17.7. The van der Waals surface area contributed by atoms with Gasteiger partial charge in [0.1, 0.15) is 0 Å². The summed E-state index contributed by atoms with van der Waals surface area (Å²) in [5.74, 6) is -0.485. The second-order valence-electron chi connectivity index (χ2n) is 9.11. The topological polar surface area (TPSA) is 85.6 Å². The molecule has 1 N–H and O–H groups in total. The fraction of sp³-hybridized carbons (Fsp3) is 0.310. The van der Waals surface area contributed by atoms with Crippen molar-refractivity contribution in [1.82, 2.24) is 19.9 Å². The van der Waals surface area contributed by atoms with Gasteiger partial charge in [-0.15, -0.1) is 0 Å². The molecule has 0 fully saturated rings. The van der Waals surface area contributed by atoms with Crippen LogP contribution in [0.25, 0.3) is 16.9 Å². The van der Waals surface area contributed by atoms with Gasteiger partial charge in [0.05, 0.1) is 24.8 Å². The largest absolute Gasteiger partial charge is 0.466 e. The van der Waals surface area contributed by atoms with E-state index in [0.29, 0.717) is 18.1 Å².